The maximum atomic E-state index is 5.92. The molecular weight excluding hydrogens is 246 g/mol. The fourth-order valence-corrected chi connectivity index (χ4v) is 2.72. The van der Waals surface area contributed by atoms with Crippen LogP contribution in [0.1, 0.15) is 23.0 Å². The van der Waals surface area contributed by atoms with Crippen LogP contribution in [-0.2, 0) is 13.6 Å². The predicted molar refractivity (Wildman–Crippen MR) is 73.3 cm³/mol. The van der Waals surface area contributed by atoms with Crippen molar-refractivity contribution in [3.05, 3.63) is 34.0 Å². The molecule has 2 rings (SSSR count). The summed E-state index contributed by atoms with van der Waals surface area (Å²) in [6.45, 7) is 3.40. The second kappa shape index (κ2) is 5.60. The molecule has 0 saturated heterocycles. The summed E-state index contributed by atoms with van der Waals surface area (Å²) in [6.07, 6.45) is 2.05. The number of aromatic nitrogens is 3. The van der Waals surface area contributed by atoms with Crippen molar-refractivity contribution in [3.63, 3.8) is 0 Å². The Hall–Kier alpha value is -1.24. The number of hydrogen-bond acceptors (Lipinski definition) is 5. The van der Waals surface area contributed by atoms with Gasteiger partial charge in [0, 0.05) is 37.3 Å². The first-order valence-corrected chi connectivity index (χ1v) is 6.83. The van der Waals surface area contributed by atoms with Crippen LogP contribution in [0, 0.1) is 6.92 Å². The van der Waals surface area contributed by atoms with E-state index in [1.165, 1.54) is 5.56 Å². The minimum absolute atomic E-state index is 0.181. The first-order valence-electron chi connectivity index (χ1n) is 5.89. The Morgan fingerprint density at radius 2 is 2.33 bits per heavy atom. The van der Waals surface area contributed by atoms with E-state index >= 15 is 0 Å². The molecule has 0 aromatic carbocycles. The lowest BCUT2D eigenvalue weighted by molar-refractivity contribution is 0.238. The average Bonchev–Trinajstić information content (AvgIpc) is 2.91. The molecule has 0 saturated carbocycles. The standard InChI is InChI=1S/C12H19N5S/c1-9-11(6-17(3)15-9)12(4-13)16(2)5-10-7-18-8-14-10/h6-8,12H,4-5,13H2,1-3H3. The Labute approximate surface area is 111 Å². The molecule has 0 aliphatic rings. The molecule has 1 atom stereocenters. The van der Waals surface area contributed by atoms with Crippen LogP contribution >= 0.6 is 11.3 Å². The fraction of sp³-hybridized carbons (Fsp3) is 0.500. The van der Waals surface area contributed by atoms with Crippen LogP contribution in [0.4, 0.5) is 0 Å². The molecule has 1 unspecified atom stereocenters. The number of nitrogens with zero attached hydrogens (tertiary/aromatic N) is 4. The third-order valence-corrected chi connectivity index (χ3v) is 3.70. The number of nitrogens with two attached hydrogens (primary N) is 1. The van der Waals surface area contributed by atoms with E-state index in [9.17, 15) is 0 Å². The molecule has 5 nitrogen and oxygen atoms in total. The van der Waals surface area contributed by atoms with E-state index in [1.54, 1.807) is 11.3 Å². The third-order valence-electron chi connectivity index (χ3n) is 3.06. The highest BCUT2D eigenvalue weighted by molar-refractivity contribution is 7.07. The average molecular weight is 265 g/mol. The van der Waals surface area contributed by atoms with Gasteiger partial charge in [0.15, 0.2) is 0 Å². The molecule has 18 heavy (non-hydrogen) atoms. The molecule has 2 aromatic heterocycles. The largest absolute Gasteiger partial charge is 0.329 e. The molecule has 0 radical (unpaired) electrons. The van der Waals surface area contributed by atoms with E-state index in [0.29, 0.717) is 6.54 Å². The third kappa shape index (κ3) is 2.77. The lowest BCUT2D eigenvalue weighted by Crippen LogP contribution is -2.30. The van der Waals surface area contributed by atoms with Crippen molar-refractivity contribution in [2.45, 2.75) is 19.5 Å². The molecular formula is C12H19N5S. The van der Waals surface area contributed by atoms with Crippen molar-refractivity contribution >= 4 is 11.3 Å². The normalized spacial score (nSPS) is 13.2. The monoisotopic (exact) mass is 265 g/mol. The first-order chi connectivity index (χ1) is 8.61. The maximum Gasteiger partial charge on any atom is 0.0795 e. The SMILES string of the molecule is Cc1nn(C)cc1C(CN)N(C)Cc1cscn1. The number of rotatable bonds is 5. The van der Waals surface area contributed by atoms with E-state index in [1.807, 2.05) is 30.4 Å². The zero-order chi connectivity index (χ0) is 13.1. The van der Waals surface area contributed by atoms with Crippen molar-refractivity contribution in [1.82, 2.24) is 19.7 Å². The van der Waals surface area contributed by atoms with Crippen LogP contribution in [0.5, 0.6) is 0 Å². The van der Waals surface area contributed by atoms with Crippen molar-refractivity contribution < 1.29 is 0 Å². The molecule has 6 heteroatoms. The predicted octanol–water partition coefficient (Wildman–Crippen LogP) is 1.32. The highest BCUT2D eigenvalue weighted by Crippen LogP contribution is 2.22. The lowest BCUT2D eigenvalue weighted by Gasteiger charge is -2.26. The van der Waals surface area contributed by atoms with Crippen LogP contribution in [0.15, 0.2) is 17.1 Å². The van der Waals surface area contributed by atoms with E-state index < -0.39 is 0 Å². The Bertz CT molecular complexity index is 491. The van der Waals surface area contributed by atoms with E-state index in [2.05, 4.69) is 27.4 Å². The van der Waals surface area contributed by atoms with Gasteiger partial charge in [0.2, 0.25) is 0 Å². The van der Waals surface area contributed by atoms with E-state index in [-0.39, 0.29) is 6.04 Å². The van der Waals surface area contributed by atoms with E-state index in [4.69, 9.17) is 5.73 Å². The number of likely N-dealkylation sites (N-methyl/N-ethyl adjacent to an activating group) is 1. The molecule has 2 aromatic rings. The number of aryl methyl sites for hydroxylation is 2. The Morgan fingerprint density at radius 3 is 2.83 bits per heavy atom. The molecule has 0 fully saturated rings. The number of thiazole rings is 1. The van der Waals surface area contributed by atoms with Gasteiger partial charge in [-0.1, -0.05) is 0 Å². The van der Waals surface area contributed by atoms with Gasteiger partial charge in [-0.25, -0.2) is 4.98 Å². The van der Waals surface area contributed by atoms with Gasteiger partial charge in [0.25, 0.3) is 0 Å². The quantitative estimate of drug-likeness (QED) is 0.885. The molecule has 0 bridgehead atoms. The summed E-state index contributed by atoms with van der Waals surface area (Å²) < 4.78 is 1.84. The summed E-state index contributed by atoms with van der Waals surface area (Å²) in [7, 11) is 4.01. The zero-order valence-electron chi connectivity index (χ0n) is 11.0. The first kappa shape index (κ1) is 13.2. The summed E-state index contributed by atoms with van der Waals surface area (Å²) in [5.41, 5.74) is 11.1. The van der Waals surface area contributed by atoms with Crippen molar-refractivity contribution in [2.24, 2.45) is 12.8 Å². The van der Waals surface area contributed by atoms with Gasteiger partial charge in [-0.3, -0.25) is 9.58 Å². The lowest BCUT2D eigenvalue weighted by atomic mass is 10.1. The molecule has 98 valence electrons. The summed E-state index contributed by atoms with van der Waals surface area (Å²) in [4.78, 5) is 6.53. The van der Waals surface area contributed by atoms with Crippen LogP contribution in [0.2, 0.25) is 0 Å². The molecule has 2 N–H and O–H groups in total. The van der Waals surface area contributed by atoms with E-state index in [0.717, 1.165) is 17.9 Å². The fourth-order valence-electron chi connectivity index (χ4n) is 2.17. The molecule has 0 spiro atoms. The van der Waals surface area contributed by atoms with Gasteiger partial charge in [0.05, 0.1) is 22.9 Å². The molecule has 0 amide bonds. The van der Waals surface area contributed by atoms with Crippen LogP contribution in [-0.4, -0.2) is 33.3 Å². The van der Waals surface area contributed by atoms with Crippen molar-refractivity contribution in [1.29, 1.82) is 0 Å². The van der Waals surface area contributed by atoms with Gasteiger partial charge in [-0.2, -0.15) is 5.10 Å². The van der Waals surface area contributed by atoms with Gasteiger partial charge < -0.3 is 5.73 Å². The van der Waals surface area contributed by atoms with Gasteiger partial charge in [0.1, 0.15) is 0 Å². The Morgan fingerprint density at radius 1 is 1.56 bits per heavy atom. The van der Waals surface area contributed by atoms with Gasteiger partial charge in [-0.05, 0) is 14.0 Å². The minimum Gasteiger partial charge on any atom is -0.329 e. The summed E-state index contributed by atoms with van der Waals surface area (Å²) in [6, 6.07) is 0.181. The summed E-state index contributed by atoms with van der Waals surface area (Å²) >= 11 is 1.62. The maximum absolute atomic E-state index is 5.92. The highest BCUT2D eigenvalue weighted by atomic mass is 32.1. The number of hydrogen-bond donors (Lipinski definition) is 1. The zero-order valence-corrected chi connectivity index (χ0v) is 11.8. The summed E-state index contributed by atoms with van der Waals surface area (Å²) in [5.74, 6) is 0. The molecule has 2 heterocycles. The smallest absolute Gasteiger partial charge is 0.0795 e. The van der Waals surface area contributed by atoms with Gasteiger partial charge >= 0.3 is 0 Å². The van der Waals surface area contributed by atoms with Crippen molar-refractivity contribution in [2.75, 3.05) is 13.6 Å². The topological polar surface area (TPSA) is 60.0 Å². The van der Waals surface area contributed by atoms with Crippen LogP contribution in [0.25, 0.3) is 0 Å². The highest BCUT2D eigenvalue weighted by Gasteiger charge is 2.20. The van der Waals surface area contributed by atoms with Crippen LogP contribution < -0.4 is 5.73 Å². The van der Waals surface area contributed by atoms with Gasteiger partial charge in [-0.15, -0.1) is 11.3 Å². The minimum atomic E-state index is 0.181. The second-order valence-corrected chi connectivity index (χ2v) is 5.21. The van der Waals surface area contributed by atoms with Crippen LogP contribution in [0.3, 0.4) is 0 Å². The second-order valence-electron chi connectivity index (χ2n) is 4.49. The Kier molecular flexibility index (Phi) is 4.11. The molecule has 0 aliphatic carbocycles. The molecule has 0 aliphatic heterocycles. The summed E-state index contributed by atoms with van der Waals surface area (Å²) in [5, 5.41) is 6.45. The Balaban J connectivity index is 2.15. The van der Waals surface area contributed by atoms with Crippen molar-refractivity contribution in [3.8, 4) is 0 Å².